The fraction of sp³-hybridized carbons (Fsp3) is 0.167. The summed E-state index contributed by atoms with van der Waals surface area (Å²) in [6.07, 6.45) is -3.91. The number of benzene rings is 2. The van der Waals surface area contributed by atoms with E-state index in [2.05, 4.69) is 4.98 Å². The Morgan fingerprint density at radius 2 is 1.74 bits per heavy atom. The van der Waals surface area contributed by atoms with Crippen LogP contribution in [0.25, 0.3) is 11.1 Å². The SMILES string of the molecule is CC1(C)C(=O)N(c2cnc(C#N)c(C(F)(F)F)c2)C(=S)N1c1ccc(-c2ccc(O)cc2)c(F)c1. The summed E-state index contributed by atoms with van der Waals surface area (Å²) in [4.78, 5) is 19.0. The maximum Gasteiger partial charge on any atom is 0.419 e. The molecule has 1 fully saturated rings. The summed E-state index contributed by atoms with van der Waals surface area (Å²) < 4.78 is 55.4. The first-order valence-corrected chi connectivity index (χ1v) is 10.5. The number of nitriles is 1. The Bertz CT molecular complexity index is 1400. The zero-order chi connectivity index (χ0) is 25.7. The third-order valence-electron chi connectivity index (χ3n) is 5.60. The van der Waals surface area contributed by atoms with E-state index in [4.69, 9.17) is 17.5 Å². The molecule has 35 heavy (non-hydrogen) atoms. The molecule has 0 bridgehead atoms. The predicted octanol–water partition coefficient (Wildman–Crippen LogP) is 5.40. The number of phenols is 1. The summed E-state index contributed by atoms with van der Waals surface area (Å²) in [6.45, 7) is 3.02. The van der Waals surface area contributed by atoms with Crippen LogP contribution in [0.15, 0.2) is 54.7 Å². The molecule has 6 nitrogen and oxygen atoms in total. The number of halogens is 4. The van der Waals surface area contributed by atoms with Crippen LogP contribution in [0, 0.1) is 17.1 Å². The fourth-order valence-electron chi connectivity index (χ4n) is 3.86. The number of anilines is 2. The molecule has 0 unspecified atom stereocenters. The normalized spacial score (nSPS) is 15.5. The third kappa shape index (κ3) is 4.06. The molecule has 178 valence electrons. The number of aromatic nitrogens is 1. The largest absolute Gasteiger partial charge is 0.508 e. The number of amides is 1. The summed E-state index contributed by atoms with van der Waals surface area (Å²) in [5, 5.41) is 18.3. The maximum atomic E-state index is 15.1. The first-order valence-electron chi connectivity index (χ1n) is 10.1. The standard InChI is InChI=1S/C24H16F4N4O2S/c1-23(2)21(34)31(15-9-18(24(26,27)28)20(11-29)30-12-15)22(35)32(23)14-5-8-17(19(25)10-14)13-3-6-16(33)7-4-13/h3-10,12,33H,1-2H3. The predicted molar refractivity (Wildman–Crippen MR) is 124 cm³/mol. The quantitative estimate of drug-likeness (QED) is 0.383. The van der Waals surface area contributed by atoms with Gasteiger partial charge in [0.15, 0.2) is 10.8 Å². The minimum absolute atomic E-state index is 0.0273. The van der Waals surface area contributed by atoms with E-state index in [1.54, 1.807) is 12.1 Å². The molecule has 2 aromatic carbocycles. The Labute approximate surface area is 202 Å². The highest BCUT2D eigenvalue weighted by molar-refractivity contribution is 7.81. The number of thiocarbonyl (C=S) groups is 1. The van der Waals surface area contributed by atoms with Crippen LogP contribution in [-0.4, -0.2) is 26.6 Å². The first kappa shape index (κ1) is 24.1. The zero-order valence-electron chi connectivity index (χ0n) is 18.3. The van der Waals surface area contributed by atoms with E-state index in [1.807, 2.05) is 0 Å². The lowest BCUT2D eigenvalue weighted by atomic mass is 10.0. The van der Waals surface area contributed by atoms with E-state index in [1.165, 1.54) is 55.1 Å². The Hall–Kier alpha value is -4.04. The van der Waals surface area contributed by atoms with Gasteiger partial charge >= 0.3 is 6.18 Å². The van der Waals surface area contributed by atoms with Gasteiger partial charge in [-0.1, -0.05) is 12.1 Å². The number of phenolic OH excluding ortho intramolecular Hbond substituents is 1. The van der Waals surface area contributed by atoms with Gasteiger partial charge in [-0.2, -0.15) is 18.4 Å². The topological polar surface area (TPSA) is 80.5 Å². The molecule has 1 aromatic heterocycles. The molecule has 11 heteroatoms. The monoisotopic (exact) mass is 500 g/mol. The number of alkyl halides is 3. The molecule has 4 rings (SSSR count). The Morgan fingerprint density at radius 3 is 2.31 bits per heavy atom. The van der Waals surface area contributed by atoms with E-state index >= 15 is 4.39 Å². The van der Waals surface area contributed by atoms with Gasteiger partial charge in [0.2, 0.25) is 0 Å². The molecule has 1 N–H and O–H groups in total. The Morgan fingerprint density at radius 1 is 1.09 bits per heavy atom. The highest BCUT2D eigenvalue weighted by Crippen LogP contribution is 2.40. The molecule has 2 heterocycles. The van der Waals surface area contributed by atoms with Crippen molar-refractivity contribution in [2.24, 2.45) is 0 Å². The second-order valence-corrected chi connectivity index (χ2v) is 8.59. The summed E-state index contributed by atoms with van der Waals surface area (Å²) >= 11 is 5.44. The number of pyridine rings is 1. The smallest absolute Gasteiger partial charge is 0.419 e. The molecule has 0 spiro atoms. The lowest BCUT2D eigenvalue weighted by Crippen LogP contribution is -2.44. The van der Waals surface area contributed by atoms with Crippen molar-refractivity contribution in [2.75, 3.05) is 9.80 Å². The van der Waals surface area contributed by atoms with Gasteiger partial charge in [0.05, 0.1) is 17.4 Å². The maximum absolute atomic E-state index is 15.1. The minimum Gasteiger partial charge on any atom is -0.508 e. The van der Waals surface area contributed by atoms with Crippen molar-refractivity contribution in [1.29, 1.82) is 5.26 Å². The van der Waals surface area contributed by atoms with Crippen LogP contribution in [0.1, 0.15) is 25.1 Å². The second-order valence-electron chi connectivity index (χ2n) is 8.23. The molecule has 0 radical (unpaired) electrons. The Balaban J connectivity index is 1.76. The molecule has 1 amide bonds. The van der Waals surface area contributed by atoms with Gasteiger partial charge in [-0.3, -0.25) is 9.69 Å². The van der Waals surface area contributed by atoms with Gasteiger partial charge in [0.1, 0.15) is 23.2 Å². The second kappa shape index (κ2) is 8.32. The van der Waals surface area contributed by atoms with Crippen LogP contribution >= 0.6 is 12.2 Å². The lowest BCUT2D eigenvalue weighted by Gasteiger charge is -2.29. The molecular weight excluding hydrogens is 484 g/mol. The van der Waals surface area contributed by atoms with Gasteiger partial charge in [-0.15, -0.1) is 0 Å². The molecule has 0 atom stereocenters. The van der Waals surface area contributed by atoms with Gasteiger partial charge in [-0.05, 0) is 68.0 Å². The van der Waals surface area contributed by atoms with E-state index < -0.39 is 34.7 Å². The van der Waals surface area contributed by atoms with Crippen molar-refractivity contribution in [2.45, 2.75) is 25.6 Å². The van der Waals surface area contributed by atoms with Crippen LogP contribution in [0.4, 0.5) is 28.9 Å². The van der Waals surface area contributed by atoms with Crippen LogP contribution in [0.5, 0.6) is 5.75 Å². The highest BCUT2D eigenvalue weighted by Gasteiger charge is 2.51. The van der Waals surface area contributed by atoms with Gasteiger partial charge in [-0.25, -0.2) is 9.37 Å². The van der Waals surface area contributed by atoms with Crippen LogP contribution in [-0.2, 0) is 11.0 Å². The zero-order valence-corrected chi connectivity index (χ0v) is 19.1. The third-order valence-corrected chi connectivity index (χ3v) is 5.97. The average Bonchev–Trinajstić information content (AvgIpc) is 2.97. The number of carbonyl (C=O) groups is 1. The van der Waals surface area contributed by atoms with Crippen LogP contribution in [0.3, 0.4) is 0 Å². The average molecular weight is 500 g/mol. The van der Waals surface area contributed by atoms with E-state index in [9.17, 15) is 23.1 Å². The van der Waals surface area contributed by atoms with E-state index in [-0.39, 0.29) is 27.8 Å². The van der Waals surface area contributed by atoms with Crippen molar-refractivity contribution in [3.05, 3.63) is 71.8 Å². The molecule has 0 aliphatic carbocycles. The van der Waals surface area contributed by atoms with Crippen molar-refractivity contribution < 1.29 is 27.5 Å². The number of hydrogen-bond donors (Lipinski definition) is 1. The molecule has 1 aliphatic rings. The van der Waals surface area contributed by atoms with Gasteiger partial charge < -0.3 is 10.0 Å². The number of hydrogen-bond acceptors (Lipinski definition) is 5. The summed E-state index contributed by atoms with van der Waals surface area (Å²) in [5.74, 6) is -1.25. The van der Waals surface area contributed by atoms with Crippen molar-refractivity contribution in [1.82, 2.24) is 4.98 Å². The fourth-order valence-corrected chi connectivity index (χ4v) is 4.38. The minimum atomic E-state index is -4.87. The van der Waals surface area contributed by atoms with Crippen molar-refractivity contribution >= 4 is 34.6 Å². The molecule has 1 aliphatic heterocycles. The van der Waals surface area contributed by atoms with Crippen LogP contribution < -0.4 is 9.80 Å². The number of nitrogens with zero attached hydrogens (tertiary/aromatic N) is 4. The summed E-state index contributed by atoms with van der Waals surface area (Å²) in [5.41, 5.74) is -2.79. The van der Waals surface area contributed by atoms with Crippen molar-refractivity contribution in [3.63, 3.8) is 0 Å². The molecule has 0 saturated carbocycles. The first-order chi connectivity index (χ1) is 16.4. The number of aromatic hydroxyl groups is 1. The van der Waals surface area contributed by atoms with Crippen LogP contribution in [0.2, 0.25) is 0 Å². The number of carbonyl (C=O) groups excluding carboxylic acids is 1. The molecular formula is C24H16F4N4O2S. The molecule has 1 saturated heterocycles. The summed E-state index contributed by atoms with van der Waals surface area (Å²) in [7, 11) is 0. The highest BCUT2D eigenvalue weighted by atomic mass is 32.1. The lowest BCUT2D eigenvalue weighted by molar-refractivity contribution is -0.138. The van der Waals surface area contributed by atoms with E-state index in [0.717, 1.165) is 11.1 Å². The van der Waals surface area contributed by atoms with Gasteiger partial charge in [0.25, 0.3) is 5.91 Å². The summed E-state index contributed by atoms with van der Waals surface area (Å²) in [6, 6.07) is 12.1. The Kier molecular flexibility index (Phi) is 5.73. The van der Waals surface area contributed by atoms with Crippen molar-refractivity contribution in [3.8, 4) is 22.9 Å². The molecule has 3 aromatic rings. The van der Waals surface area contributed by atoms with E-state index in [0.29, 0.717) is 11.6 Å². The van der Waals surface area contributed by atoms with Gasteiger partial charge in [0, 0.05) is 11.3 Å². The number of rotatable bonds is 3.